The Morgan fingerprint density at radius 3 is 2.31 bits per heavy atom. The van der Waals surface area contributed by atoms with Crippen molar-refractivity contribution in [3.05, 3.63) is 0 Å². The number of aliphatic hydroxyl groups excluding tert-OH is 1. The zero-order chi connectivity index (χ0) is 21.0. The summed E-state index contributed by atoms with van der Waals surface area (Å²) in [4.78, 5) is 0. The van der Waals surface area contributed by atoms with E-state index in [1.165, 1.54) is 51.4 Å². The second-order valence-electron chi connectivity index (χ2n) is 12.7. The number of hydrogen-bond donors (Lipinski definition) is 2. The van der Waals surface area contributed by atoms with Crippen molar-refractivity contribution < 1.29 is 10.2 Å². The van der Waals surface area contributed by atoms with Crippen LogP contribution in [0.25, 0.3) is 0 Å². The summed E-state index contributed by atoms with van der Waals surface area (Å²) in [5.41, 5.74) is 0.583. The second-order valence-corrected chi connectivity index (χ2v) is 12.7. The van der Waals surface area contributed by atoms with Crippen LogP contribution in [0.2, 0.25) is 0 Å². The molecule has 0 aromatic carbocycles. The fourth-order valence-corrected chi connectivity index (χ4v) is 9.27. The minimum absolute atomic E-state index is 0.100. The third-order valence-electron chi connectivity index (χ3n) is 11.1. The maximum atomic E-state index is 10.7. The van der Waals surface area contributed by atoms with Crippen LogP contribution in [0.15, 0.2) is 0 Å². The lowest BCUT2D eigenvalue weighted by Crippen LogP contribution is -2.55. The number of hydrogen-bond acceptors (Lipinski definition) is 2. The molecule has 4 aliphatic carbocycles. The zero-order valence-corrected chi connectivity index (χ0v) is 19.9. The van der Waals surface area contributed by atoms with Gasteiger partial charge in [0.05, 0.1) is 11.7 Å². The van der Waals surface area contributed by atoms with Crippen molar-refractivity contribution in [2.24, 2.45) is 46.3 Å². The van der Waals surface area contributed by atoms with Crippen LogP contribution in [0, 0.1) is 46.3 Å². The highest BCUT2D eigenvalue weighted by Crippen LogP contribution is 2.68. The van der Waals surface area contributed by atoms with Gasteiger partial charge in [-0.3, -0.25) is 0 Å². The summed E-state index contributed by atoms with van der Waals surface area (Å²) in [6.07, 6.45) is 14.7. The lowest BCUT2D eigenvalue weighted by atomic mass is 9.43. The van der Waals surface area contributed by atoms with Crippen LogP contribution in [-0.2, 0) is 0 Å². The molecule has 0 aromatic rings. The molecule has 4 rings (SSSR count). The van der Waals surface area contributed by atoms with Gasteiger partial charge in [0.1, 0.15) is 0 Å². The van der Waals surface area contributed by atoms with E-state index >= 15 is 0 Å². The molecule has 0 aromatic heterocycles. The van der Waals surface area contributed by atoms with Gasteiger partial charge in [0.25, 0.3) is 0 Å². The molecule has 0 spiro atoms. The monoisotopic (exact) mass is 404 g/mol. The van der Waals surface area contributed by atoms with E-state index in [0.717, 1.165) is 61.2 Å². The molecule has 0 radical (unpaired) electrons. The van der Waals surface area contributed by atoms with Gasteiger partial charge >= 0.3 is 0 Å². The van der Waals surface area contributed by atoms with Gasteiger partial charge < -0.3 is 10.2 Å². The lowest BCUT2D eigenvalue weighted by molar-refractivity contribution is -0.148. The molecule has 168 valence electrons. The van der Waals surface area contributed by atoms with E-state index in [1.807, 2.05) is 0 Å². The van der Waals surface area contributed by atoms with Crippen LogP contribution in [0.5, 0.6) is 0 Å². The van der Waals surface area contributed by atoms with Crippen molar-refractivity contribution in [1.29, 1.82) is 0 Å². The molecule has 4 fully saturated rings. The summed E-state index contributed by atoms with van der Waals surface area (Å²) in [5, 5.41) is 20.8. The first-order chi connectivity index (χ1) is 13.6. The Labute approximate surface area is 180 Å². The van der Waals surface area contributed by atoms with Crippen molar-refractivity contribution in [2.45, 2.75) is 123 Å². The number of fused-ring (bicyclic) bond motifs is 5. The van der Waals surface area contributed by atoms with Crippen molar-refractivity contribution in [1.82, 2.24) is 0 Å². The van der Waals surface area contributed by atoms with Gasteiger partial charge in [-0.1, -0.05) is 27.7 Å². The number of aliphatic hydroxyl groups is 2. The first kappa shape index (κ1) is 22.1. The van der Waals surface area contributed by atoms with E-state index in [2.05, 4.69) is 34.6 Å². The molecule has 0 heterocycles. The largest absolute Gasteiger partial charge is 0.393 e. The van der Waals surface area contributed by atoms with Crippen LogP contribution < -0.4 is 0 Å². The van der Waals surface area contributed by atoms with Crippen molar-refractivity contribution >= 4 is 0 Å². The van der Waals surface area contributed by atoms with Gasteiger partial charge in [0, 0.05) is 0 Å². The molecule has 2 nitrogen and oxygen atoms in total. The predicted octanol–water partition coefficient (Wildman–Crippen LogP) is 6.58. The topological polar surface area (TPSA) is 40.5 Å². The molecule has 2 N–H and O–H groups in total. The standard InChI is InChI=1S/C27H48O2/c1-6-20(28)9-7-18(2)22-11-12-23-21-10-8-19-17-25(3,29)15-16-26(19,4)24(21)13-14-27(22,23)5/h18-24,28-29H,6-17H2,1-5H3/t18-,19-,20-,21+,22?,23+,24+,25+,26+,27-/m1/s1. The molecule has 29 heavy (non-hydrogen) atoms. The Hall–Kier alpha value is -0.0800. The van der Waals surface area contributed by atoms with Gasteiger partial charge in [0.15, 0.2) is 0 Å². The van der Waals surface area contributed by atoms with Crippen molar-refractivity contribution in [3.63, 3.8) is 0 Å². The second kappa shape index (κ2) is 7.80. The first-order valence-corrected chi connectivity index (χ1v) is 13.0. The van der Waals surface area contributed by atoms with Crippen LogP contribution in [0.4, 0.5) is 0 Å². The van der Waals surface area contributed by atoms with Crippen LogP contribution in [0.3, 0.4) is 0 Å². The maximum absolute atomic E-state index is 10.7. The van der Waals surface area contributed by atoms with Gasteiger partial charge in [-0.05, 0) is 130 Å². The molecule has 10 atom stereocenters. The maximum Gasteiger partial charge on any atom is 0.0622 e. The van der Waals surface area contributed by atoms with Gasteiger partial charge in [0.2, 0.25) is 0 Å². The quantitative estimate of drug-likeness (QED) is 0.543. The summed E-state index contributed by atoms with van der Waals surface area (Å²) >= 11 is 0. The molecular formula is C27H48O2. The smallest absolute Gasteiger partial charge is 0.0622 e. The molecule has 0 bridgehead atoms. The summed E-state index contributed by atoms with van der Waals surface area (Å²) in [5.74, 6) is 5.09. The highest BCUT2D eigenvalue weighted by molar-refractivity contribution is 5.10. The van der Waals surface area contributed by atoms with E-state index in [0.29, 0.717) is 10.8 Å². The predicted molar refractivity (Wildman–Crippen MR) is 121 cm³/mol. The minimum atomic E-state index is -0.420. The van der Waals surface area contributed by atoms with E-state index in [1.54, 1.807) is 0 Å². The van der Waals surface area contributed by atoms with E-state index in [4.69, 9.17) is 0 Å². The zero-order valence-electron chi connectivity index (χ0n) is 19.9. The molecule has 4 saturated carbocycles. The average molecular weight is 405 g/mol. The summed E-state index contributed by atoms with van der Waals surface area (Å²) in [6.45, 7) is 11.9. The highest BCUT2D eigenvalue weighted by atomic mass is 16.3. The van der Waals surface area contributed by atoms with Crippen molar-refractivity contribution in [3.8, 4) is 0 Å². The average Bonchev–Trinajstić information content (AvgIpc) is 3.03. The Morgan fingerprint density at radius 1 is 0.862 bits per heavy atom. The van der Waals surface area contributed by atoms with Gasteiger partial charge in [-0.15, -0.1) is 0 Å². The fraction of sp³-hybridized carbons (Fsp3) is 1.00. The van der Waals surface area contributed by atoms with E-state index < -0.39 is 5.60 Å². The fourth-order valence-electron chi connectivity index (χ4n) is 9.27. The normalized spacial score (nSPS) is 51.6. The Bertz CT molecular complexity index is 585. The summed E-state index contributed by atoms with van der Waals surface area (Å²) in [6, 6.07) is 0. The summed E-state index contributed by atoms with van der Waals surface area (Å²) in [7, 11) is 0. The molecular weight excluding hydrogens is 356 g/mol. The van der Waals surface area contributed by atoms with Gasteiger partial charge in [-0.2, -0.15) is 0 Å². The van der Waals surface area contributed by atoms with Crippen LogP contribution >= 0.6 is 0 Å². The third-order valence-corrected chi connectivity index (χ3v) is 11.1. The lowest BCUT2D eigenvalue weighted by Gasteiger charge is -2.62. The Kier molecular flexibility index (Phi) is 5.95. The van der Waals surface area contributed by atoms with Crippen molar-refractivity contribution in [2.75, 3.05) is 0 Å². The molecule has 1 unspecified atom stereocenters. The Balaban J connectivity index is 1.48. The summed E-state index contributed by atoms with van der Waals surface area (Å²) < 4.78 is 0. The SMILES string of the molecule is CC[C@@H](O)CC[C@@H](C)C1CC[C@H]2[C@@H]3CC[C@@H]4C[C@@](C)(O)CC[C@]4(C)[C@H]3CC[C@]12C. The first-order valence-electron chi connectivity index (χ1n) is 13.0. The van der Waals surface area contributed by atoms with Crippen LogP contribution in [0.1, 0.15) is 112 Å². The Morgan fingerprint density at radius 2 is 1.59 bits per heavy atom. The van der Waals surface area contributed by atoms with E-state index in [-0.39, 0.29) is 6.10 Å². The highest BCUT2D eigenvalue weighted by Gasteiger charge is 2.61. The van der Waals surface area contributed by atoms with E-state index in [9.17, 15) is 10.2 Å². The third kappa shape index (κ3) is 3.73. The minimum Gasteiger partial charge on any atom is -0.393 e. The molecule has 0 amide bonds. The van der Waals surface area contributed by atoms with Gasteiger partial charge in [-0.25, -0.2) is 0 Å². The molecule has 4 aliphatic rings. The van der Waals surface area contributed by atoms with Crippen LogP contribution in [-0.4, -0.2) is 21.9 Å². The molecule has 0 aliphatic heterocycles. The molecule has 0 saturated heterocycles. The number of rotatable bonds is 5. The molecule has 2 heteroatoms.